The number of amides is 1. The third-order valence-corrected chi connectivity index (χ3v) is 5.92. The van der Waals surface area contributed by atoms with Crippen molar-refractivity contribution in [1.82, 2.24) is 10.2 Å². The number of carboxylic acids is 1. The van der Waals surface area contributed by atoms with Crippen molar-refractivity contribution in [3.05, 3.63) is 47.2 Å². The van der Waals surface area contributed by atoms with Gasteiger partial charge in [-0.25, -0.2) is 4.79 Å². The molecule has 24 heavy (non-hydrogen) atoms. The summed E-state index contributed by atoms with van der Waals surface area (Å²) in [6.45, 7) is 0. The Balaban J connectivity index is 1.65. The fourth-order valence-corrected chi connectivity index (χ4v) is 4.88. The van der Waals surface area contributed by atoms with Gasteiger partial charge in [0.25, 0.3) is 5.91 Å². The molecule has 1 aromatic carbocycles. The molecule has 0 radical (unpaired) electrons. The summed E-state index contributed by atoms with van der Waals surface area (Å²) in [5.41, 5.74) is 0.830. The van der Waals surface area contributed by atoms with Crippen LogP contribution in [0.2, 0.25) is 0 Å². The lowest BCUT2D eigenvalue weighted by Crippen LogP contribution is -2.69. The largest absolute Gasteiger partial charge is 0.477 e. The molecular weight excluding hydrogens is 330 g/mol. The lowest BCUT2D eigenvalue weighted by molar-refractivity contribution is -0.150. The number of carbonyl (C=O) groups excluding carboxylic acids is 1. The maximum atomic E-state index is 12.8. The van der Waals surface area contributed by atoms with Crippen molar-refractivity contribution in [3.63, 3.8) is 0 Å². The third-order valence-electron chi connectivity index (χ3n) is 4.54. The Labute approximate surface area is 142 Å². The summed E-state index contributed by atoms with van der Waals surface area (Å²) in [7, 11) is 1.39. The van der Waals surface area contributed by atoms with Gasteiger partial charge in [-0.15, -0.1) is 11.8 Å². The summed E-state index contributed by atoms with van der Waals surface area (Å²) < 4.78 is 0. The van der Waals surface area contributed by atoms with Gasteiger partial charge >= 0.3 is 5.97 Å². The molecule has 0 aliphatic carbocycles. The second-order valence-corrected chi connectivity index (χ2v) is 6.86. The molecule has 8 heteroatoms. The monoisotopic (exact) mass is 345 g/mol. The number of aliphatic carboxylic acids is 1. The number of fused-ring (bicyclic) bond motifs is 2. The second kappa shape index (κ2) is 5.35. The summed E-state index contributed by atoms with van der Waals surface area (Å²) in [6, 6.07) is 9.67. The van der Waals surface area contributed by atoms with Gasteiger partial charge in [0.05, 0.1) is 12.3 Å². The number of carbonyl (C=O) groups is 2. The zero-order valence-corrected chi connectivity index (χ0v) is 13.6. The molecule has 1 aromatic rings. The SMILES string of the molecule is CON=CC1=C(C(=O)O)N2C(=O)[C@]3(NC3c3ccccc3)[C@@H]2SC1. The van der Waals surface area contributed by atoms with E-state index in [-0.39, 0.29) is 23.0 Å². The Morgan fingerprint density at radius 1 is 1.50 bits per heavy atom. The molecular formula is C16H15N3O4S. The standard InChI is InChI=1S/C16H15N3O4S/c1-23-17-7-10-8-24-15-16(14(22)19(15)11(10)13(20)21)12(18-16)9-5-3-2-4-6-9/h2-7,12,15,18H,8H2,1H3,(H,20,21)/t12?,15-,16-/m0/s1. The van der Waals surface area contributed by atoms with Crippen LogP contribution in [-0.2, 0) is 14.4 Å². The molecule has 3 heterocycles. The second-order valence-electron chi connectivity index (χ2n) is 5.79. The smallest absolute Gasteiger partial charge is 0.353 e. The van der Waals surface area contributed by atoms with E-state index < -0.39 is 11.5 Å². The summed E-state index contributed by atoms with van der Waals surface area (Å²) in [4.78, 5) is 30.4. The van der Waals surface area contributed by atoms with E-state index >= 15 is 0 Å². The molecule has 0 saturated carbocycles. The van der Waals surface area contributed by atoms with Gasteiger partial charge in [0, 0.05) is 11.3 Å². The lowest BCUT2D eigenvalue weighted by atomic mass is 9.88. The molecule has 0 aromatic heterocycles. The molecule has 3 aliphatic heterocycles. The third kappa shape index (κ3) is 1.93. The quantitative estimate of drug-likeness (QED) is 0.365. The van der Waals surface area contributed by atoms with Crippen LogP contribution in [0.15, 0.2) is 46.8 Å². The molecule has 1 spiro atoms. The van der Waals surface area contributed by atoms with E-state index in [0.29, 0.717) is 11.3 Å². The van der Waals surface area contributed by atoms with E-state index in [0.717, 1.165) is 5.56 Å². The van der Waals surface area contributed by atoms with Crippen LogP contribution < -0.4 is 5.32 Å². The summed E-state index contributed by atoms with van der Waals surface area (Å²) >= 11 is 1.54. The first-order valence-corrected chi connectivity index (χ1v) is 8.47. The number of oxime groups is 1. The number of benzene rings is 1. The van der Waals surface area contributed by atoms with Gasteiger partial charge < -0.3 is 9.94 Å². The van der Waals surface area contributed by atoms with Crippen molar-refractivity contribution in [2.75, 3.05) is 12.9 Å². The van der Waals surface area contributed by atoms with Gasteiger partial charge in [-0.05, 0) is 5.56 Å². The minimum absolute atomic E-state index is 0.00399. The number of hydrogen-bond donors (Lipinski definition) is 2. The maximum Gasteiger partial charge on any atom is 0.353 e. The Kier molecular flexibility index (Phi) is 3.40. The van der Waals surface area contributed by atoms with Crippen LogP contribution in [0.4, 0.5) is 0 Å². The fraction of sp³-hybridized carbons (Fsp3) is 0.312. The van der Waals surface area contributed by atoms with Crippen LogP contribution in [0.3, 0.4) is 0 Å². The van der Waals surface area contributed by atoms with Crippen LogP contribution in [-0.4, -0.2) is 51.9 Å². The molecule has 2 fully saturated rings. The number of nitrogens with zero attached hydrogens (tertiary/aromatic N) is 2. The Morgan fingerprint density at radius 3 is 2.92 bits per heavy atom. The molecule has 2 saturated heterocycles. The first-order valence-electron chi connectivity index (χ1n) is 7.42. The number of rotatable bonds is 4. The number of hydrogen-bond acceptors (Lipinski definition) is 6. The van der Waals surface area contributed by atoms with Crippen LogP contribution in [0, 0.1) is 0 Å². The highest BCUT2D eigenvalue weighted by Gasteiger charge is 2.77. The van der Waals surface area contributed by atoms with Gasteiger partial charge in [-0.2, -0.15) is 0 Å². The Hall–Kier alpha value is -2.32. The van der Waals surface area contributed by atoms with Crippen molar-refractivity contribution >= 4 is 29.9 Å². The van der Waals surface area contributed by atoms with Crippen LogP contribution in [0.5, 0.6) is 0 Å². The molecule has 3 atom stereocenters. The van der Waals surface area contributed by atoms with E-state index in [1.54, 1.807) is 0 Å². The van der Waals surface area contributed by atoms with Crippen molar-refractivity contribution in [2.24, 2.45) is 5.16 Å². The highest BCUT2D eigenvalue weighted by atomic mass is 32.2. The van der Waals surface area contributed by atoms with E-state index in [1.807, 2.05) is 30.3 Å². The van der Waals surface area contributed by atoms with E-state index in [9.17, 15) is 14.7 Å². The maximum absolute atomic E-state index is 12.8. The Bertz CT molecular complexity index is 779. The van der Waals surface area contributed by atoms with Crippen molar-refractivity contribution in [3.8, 4) is 0 Å². The zero-order valence-electron chi connectivity index (χ0n) is 12.8. The lowest BCUT2D eigenvalue weighted by Gasteiger charge is -2.49. The topological polar surface area (TPSA) is 101 Å². The predicted molar refractivity (Wildman–Crippen MR) is 88.3 cm³/mol. The van der Waals surface area contributed by atoms with E-state index in [2.05, 4.69) is 15.3 Å². The van der Waals surface area contributed by atoms with Crippen LogP contribution >= 0.6 is 11.8 Å². The van der Waals surface area contributed by atoms with Gasteiger partial charge in [0.15, 0.2) is 0 Å². The molecule has 2 N–H and O–H groups in total. The first kappa shape index (κ1) is 15.2. The molecule has 124 valence electrons. The van der Waals surface area contributed by atoms with Gasteiger partial charge in [0.1, 0.15) is 23.7 Å². The number of nitrogens with one attached hydrogen (secondary N) is 1. The summed E-state index contributed by atoms with van der Waals surface area (Å²) in [6.07, 6.45) is 1.36. The molecule has 4 rings (SSSR count). The fourth-order valence-electron chi connectivity index (χ4n) is 3.41. The Morgan fingerprint density at radius 2 is 2.25 bits per heavy atom. The number of carboxylic acid groups (broad SMARTS) is 1. The average Bonchev–Trinajstić information content (AvgIpc) is 3.38. The average molecular weight is 345 g/mol. The summed E-state index contributed by atoms with van der Waals surface area (Å²) in [5.74, 6) is -0.860. The van der Waals surface area contributed by atoms with Crippen molar-refractivity contribution in [1.29, 1.82) is 0 Å². The predicted octanol–water partition coefficient (Wildman–Crippen LogP) is 0.956. The molecule has 1 unspecified atom stereocenters. The summed E-state index contributed by atoms with van der Waals surface area (Å²) in [5, 5.41) is 16.2. The van der Waals surface area contributed by atoms with Gasteiger partial charge in [-0.3, -0.25) is 15.0 Å². The molecule has 1 amide bonds. The van der Waals surface area contributed by atoms with Crippen LogP contribution in [0.1, 0.15) is 11.6 Å². The van der Waals surface area contributed by atoms with Crippen molar-refractivity contribution in [2.45, 2.75) is 17.0 Å². The molecule has 7 nitrogen and oxygen atoms in total. The van der Waals surface area contributed by atoms with Gasteiger partial charge in [0.2, 0.25) is 0 Å². The number of thioether (sulfide) groups is 1. The minimum Gasteiger partial charge on any atom is -0.477 e. The molecule has 0 bridgehead atoms. The minimum atomic E-state index is -1.13. The normalized spacial score (nSPS) is 31.2. The highest BCUT2D eigenvalue weighted by Crippen LogP contribution is 2.58. The van der Waals surface area contributed by atoms with Crippen molar-refractivity contribution < 1.29 is 19.5 Å². The van der Waals surface area contributed by atoms with Gasteiger partial charge in [-0.1, -0.05) is 35.5 Å². The van der Waals surface area contributed by atoms with E-state index in [4.69, 9.17) is 0 Å². The van der Waals surface area contributed by atoms with E-state index in [1.165, 1.54) is 30.0 Å². The first-order chi connectivity index (χ1) is 11.6. The molecule has 3 aliphatic rings. The highest BCUT2D eigenvalue weighted by molar-refractivity contribution is 8.00. The zero-order chi connectivity index (χ0) is 16.9. The van der Waals surface area contributed by atoms with Crippen LogP contribution in [0.25, 0.3) is 0 Å². The number of β-lactam (4-membered cyclic amide) rings is 1.